The van der Waals surface area contributed by atoms with Crippen molar-refractivity contribution in [3.63, 3.8) is 0 Å². The van der Waals surface area contributed by atoms with Gasteiger partial charge in [-0.25, -0.2) is 9.78 Å². The van der Waals surface area contributed by atoms with E-state index in [1.807, 2.05) is 0 Å². The highest BCUT2D eigenvalue weighted by Gasteiger charge is 2.11. The van der Waals surface area contributed by atoms with E-state index in [2.05, 4.69) is 20.0 Å². The van der Waals surface area contributed by atoms with Crippen molar-refractivity contribution in [3.8, 4) is 5.75 Å². The molecule has 124 valence electrons. The number of thiazole rings is 1. The number of hydrogen-bond donors (Lipinski definition) is 1. The number of aromatic nitrogens is 2. The van der Waals surface area contributed by atoms with Crippen molar-refractivity contribution in [1.29, 1.82) is 0 Å². The largest absolute Gasteiger partial charge is 0.461 e. The van der Waals surface area contributed by atoms with Crippen LogP contribution in [0, 0.1) is 0 Å². The van der Waals surface area contributed by atoms with Crippen molar-refractivity contribution in [3.05, 3.63) is 40.1 Å². The minimum atomic E-state index is -2.86. The molecular formula is C14H15F2N3O3S. The highest BCUT2D eigenvalue weighted by molar-refractivity contribution is 7.13. The third-order valence-corrected chi connectivity index (χ3v) is 3.61. The van der Waals surface area contributed by atoms with Crippen LogP contribution in [0.2, 0.25) is 0 Å². The topological polar surface area (TPSA) is 73.3 Å². The molecule has 0 spiro atoms. The molecule has 0 aliphatic rings. The predicted molar refractivity (Wildman–Crippen MR) is 79.5 cm³/mol. The highest BCUT2D eigenvalue weighted by Crippen LogP contribution is 2.15. The van der Waals surface area contributed by atoms with Gasteiger partial charge in [0.25, 0.3) is 0 Å². The molecule has 2 aromatic heterocycles. The number of rotatable bonds is 8. The summed E-state index contributed by atoms with van der Waals surface area (Å²) in [6, 6.07) is 3.03. The Balaban J connectivity index is 1.79. The molecular weight excluding hydrogens is 328 g/mol. The molecule has 0 saturated carbocycles. The number of alkyl halides is 2. The Kier molecular flexibility index (Phi) is 6.36. The molecule has 0 aromatic carbocycles. The van der Waals surface area contributed by atoms with Crippen LogP contribution in [-0.4, -0.2) is 29.2 Å². The van der Waals surface area contributed by atoms with Crippen LogP contribution in [-0.2, 0) is 17.8 Å². The van der Waals surface area contributed by atoms with Crippen LogP contribution < -0.4 is 10.1 Å². The van der Waals surface area contributed by atoms with Gasteiger partial charge in [0.15, 0.2) is 0 Å². The molecule has 23 heavy (non-hydrogen) atoms. The number of nitrogens with zero attached hydrogens (tertiary/aromatic N) is 2. The Hall–Kier alpha value is -2.13. The summed E-state index contributed by atoms with van der Waals surface area (Å²) in [5, 5.41) is 3.44. The Morgan fingerprint density at radius 2 is 2.13 bits per heavy atom. The van der Waals surface area contributed by atoms with E-state index in [0.717, 1.165) is 4.88 Å². The molecule has 9 heteroatoms. The average Bonchev–Trinajstić information content (AvgIpc) is 2.98. The zero-order chi connectivity index (χ0) is 16.7. The van der Waals surface area contributed by atoms with Crippen LogP contribution in [0.25, 0.3) is 0 Å². The van der Waals surface area contributed by atoms with E-state index < -0.39 is 12.6 Å². The third kappa shape index (κ3) is 5.53. The zero-order valence-electron chi connectivity index (χ0n) is 12.3. The molecule has 2 aromatic rings. The number of carbonyl (C=O) groups is 1. The van der Waals surface area contributed by atoms with Crippen molar-refractivity contribution in [2.24, 2.45) is 0 Å². The standard InChI is InChI=1S/C14H15F2N3O3S/c1-2-21-13(20)12-19-8-11(23-12)7-17-5-9-3-4-10(6-18-9)22-14(15)16/h3-4,6,8,14,17H,2,5,7H2,1H3. The Labute approximate surface area is 135 Å². The van der Waals surface area contributed by atoms with Crippen LogP contribution >= 0.6 is 11.3 Å². The maximum Gasteiger partial charge on any atom is 0.387 e. The maximum atomic E-state index is 12.0. The monoisotopic (exact) mass is 343 g/mol. The first-order valence-corrected chi connectivity index (χ1v) is 7.62. The summed E-state index contributed by atoms with van der Waals surface area (Å²) in [6.07, 6.45) is 2.85. The molecule has 2 heterocycles. The summed E-state index contributed by atoms with van der Waals surface area (Å²) in [5.41, 5.74) is 0.682. The molecule has 0 radical (unpaired) electrons. The fourth-order valence-electron chi connectivity index (χ4n) is 1.68. The molecule has 0 bridgehead atoms. The van der Waals surface area contributed by atoms with Gasteiger partial charge in [-0.15, -0.1) is 11.3 Å². The number of pyridine rings is 1. The van der Waals surface area contributed by atoms with Gasteiger partial charge in [0.1, 0.15) is 5.75 Å². The van der Waals surface area contributed by atoms with Crippen molar-refractivity contribution in [2.75, 3.05) is 6.61 Å². The lowest BCUT2D eigenvalue weighted by atomic mass is 10.3. The quantitative estimate of drug-likeness (QED) is 0.743. The molecule has 0 aliphatic heterocycles. The number of halogens is 2. The van der Waals surface area contributed by atoms with E-state index in [-0.39, 0.29) is 5.75 Å². The highest BCUT2D eigenvalue weighted by atomic mass is 32.1. The summed E-state index contributed by atoms with van der Waals surface area (Å²) in [4.78, 5) is 20.4. The van der Waals surface area contributed by atoms with Gasteiger partial charge in [-0.05, 0) is 19.1 Å². The van der Waals surface area contributed by atoms with Gasteiger partial charge in [0, 0.05) is 24.2 Å². The first-order chi connectivity index (χ1) is 11.1. The molecule has 1 N–H and O–H groups in total. The summed E-state index contributed by atoms with van der Waals surface area (Å²) >= 11 is 1.25. The first-order valence-electron chi connectivity index (χ1n) is 6.80. The number of ether oxygens (including phenoxy) is 2. The van der Waals surface area contributed by atoms with Gasteiger partial charge in [0.2, 0.25) is 5.01 Å². The number of carbonyl (C=O) groups excluding carboxylic acids is 1. The van der Waals surface area contributed by atoms with E-state index in [1.165, 1.54) is 23.6 Å². The van der Waals surface area contributed by atoms with Gasteiger partial charge in [-0.1, -0.05) is 0 Å². The van der Waals surface area contributed by atoms with E-state index >= 15 is 0 Å². The summed E-state index contributed by atoms with van der Waals surface area (Å²) < 4.78 is 33.1. The molecule has 0 amide bonds. The van der Waals surface area contributed by atoms with Crippen LogP contribution in [0.4, 0.5) is 8.78 Å². The van der Waals surface area contributed by atoms with Gasteiger partial charge >= 0.3 is 12.6 Å². The zero-order valence-corrected chi connectivity index (χ0v) is 13.1. The van der Waals surface area contributed by atoms with Crippen molar-refractivity contribution >= 4 is 17.3 Å². The minimum absolute atomic E-state index is 0.0188. The second-order valence-corrected chi connectivity index (χ2v) is 5.43. The number of hydrogen-bond acceptors (Lipinski definition) is 7. The molecule has 0 atom stereocenters. The van der Waals surface area contributed by atoms with Crippen molar-refractivity contribution in [1.82, 2.24) is 15.3 Å². The lowest BCUT2D eigenvalue weighted by molar-refractivity contribution is -0.0501. The van der Waals surface area contributed by atoms with Crippen LogP contribution in [0.15, 0.2) is 24.5 Å². The van der Waals surface area contributed by atoms with Gasteiger partial charge in [-0.2, -0.15) is 8.78 Å². The van der Waals surface area contributed by atoms with E-state index in [4.69, 9.17) is 4.74 Å². The Morgan fingerprint density at radius 1 is 1.30 bits per heavy atom. The van der Waals surface area contributed by atoms with Crippen LogP contribution in [0.5, 0.6) is 5.75 Å². The molecule has 2 rings (SSSR count). The molecule has 0 aliphatic carbocycles. The fourth-order valence-corrected chi connectivity index (χ4v) is 2.45. The molecule has 0 saturated heterocycles. The predicted octanol–water partition coefficient (Wildman–Crippen LogP) is 2.61. The van der Waals surface area contributed by atoms with Crippen LogP contribution in [0.3, 0.4) is 0 Å². The average molecular weight is 343 g/mol. The second-order valence-electron chi connectivity index (χ2n) is 4.32. The Bertz CT molecular complexity index is 634. The van der Waals surface area contributed by atoms with Crippen molar-refractivity contribution in [2.45, 2.75) is 26.6 Å². The number of nitrogens with one attached hydrogen (secondary N) is 1. The smallest absolute Gasteiger partial charge is 0.387 e. The fraction of sp³-hybridized carbons (Fsp3) is 0.357. The summed E-state index contributed by atoms with van der Waals surface area (Å²) in [7, 11) is 0. The Morgan fingerprint density at radius 3 is 2.78 bits per heavy atom. The van der Waals surface area contributed by atoms with E-state index in [9.17, 15) is 13.6 Å². The summed E-state index contributed by atoms with van der Waals surface area (Å²) in [6.45, 7) is 0.137. The molecule has 0 fully saturated rings. The first kappa shape index (κ1) is 17.2. The maximum absolute atomic E-state index is 12.0. The van der Waals surface area contributed by atoms with E-state index in [0.29, 0.717) is 30.4 Å². The second kappa shape index (κ2) is 8.49. The van der Waals surface area contributed by atoms with Gasteiger partial charge < -0.3 is 14.8 Å². The lowest BCUT2D eigenvalue weighted by Gasteiger charge is -2.05. The van der Waals surface area contributed by atoms with Crippen molar-refractivity contribution < 1.29 is 23.0 Å². The van der Waals surface area contributed by atoms with E-state index in [1.54, 1.807) is 19.2 Å². The summed E-state index contributed by atoms with van der Waals surface area (Å²) in [5.74, 6) is -0.412. The normalized spacial score (nSPS) is 10.8. The van der Waals surface area contributed by atoms with Crippen LogP contribution in [0.1, 0.15) is 27.3 Å². The third-order valence-electron chi connectivity index (χ3n) is 2.63. The SMILES string of the molecule is CCOC(=O)c1ncc(CNCc2ccc(OC(F)F)cn2)s1. The van der Waals surface area contributed by atoms with Gasteiger partial charge in [0.05, 0.1) is 18.5 Å². The number of esters is 1. The molecule has 0 unspecified atom stereocenters. The molecule has 6 nitrogen and oxygen atoms in total. The van der Waals surface area contributed by atoms with Gasteiger partial charge in [-0.3, -0.25) is 4.98 Å². The minimum Gasteiger partial charge on any atom is -0.461 e. The lowest BCUT2D eigenvalue weighted by Crippen LogP contribution is -2.13.